The summed E-state index contributed by atoms with van der Waals surface area (Å²) < 4.78 is 1.93. The molecule has 0 spiro atoms. The molecule has 178 valence electrons. The van der Waals surface area contributed by atoms with Crippen LogP contribution in [-0.2, 0) is 0 Å². The van der Waals surface area contributed by atoms with Crippen LogP contribution in [-0.4, -0.2) is 63.8 Å². The summed E-state index contributed by atoms with van der Waals surface area (Å²) in [5.41, 5.74) is 1.86. The number of carbonyl (C=O) groups excluding carboxylic acids is 1. The third kappa shape index (κ3) is 5.58. The van der Waals surface area contributed by atoms with Crippen molar-refractivity contribution in [1.82, 2.24) is 24.8 Å². The highest BCUT2D eigenvalue weighted by molar-refractivity contribution is 7.20. The number of piperazine rings is 1. The molecule has 0 aliphatic carbocycles. The summed E-state index contributed by atoms with van der Waals surface area (Å²) in [4.78, 5) is 22.4. The molecule has 1 aliphatic heterocycles. The highest BCUT2D eigenvalue weighted by Gasteiger charge is 2.26. The molecule has 3 heterocycles. The molecule has 2 aromatic heterocycles. The van der Waals surface area contributed by atoms with Crippen molar-refractivity contribution in [3.8, 4) is 11.3 Å². The zero-order chi connectivity index (χ0) is 23.6. The average molecular weight is 470 g/mol. The Labute approximate surface area is 200 Å². The second-order valence-electron chi connectivity index (χ2n) is 10.0. The van der Waals surface area contributed by atoms with Crippen LogP contribution in [0.2, 0.25) is 0 Å². The molecular formula is C24H35N7OS. The summed E-state index contributed by atoms with van der Waals surface area (Å²) in [6, 6.07) is 10.3. The van der Waals surface area contributed by atoms with E-state index >= 15 is 0 Å². The van der Waals surface area contributed by atoms with Gasteiger partial charge in [0.2, 0.25) is 10.1 Å². The van der Waals surface area contributed by atoms with E-state index in [1.54, 1.807) is 11.3 Å². The first-order valence-electron chi connectivity index (χ1n) is 11.7. The second-order valence-corrected chi connectivity index (χ2v) is 11.0. The van der Waals surface area contributed by atoms with Gasteiger partial charge in [-0.3, -0.25) is 0 Å². The van der Waals surface area contributed by atoms with Gasteiger partial charge in [-0.1, -0.05) is 55.5 Å². The van der Waals surface area contributed by atoms with Gasteiger partial charge in [0, 0.05) is 43.8 Å². The number of urea groups is 1. The predicted molar refractivity (Wildman–Crippen MR) is 136 cm³/mol. The summed E-state index contributed by atoms with van der Waals surface area (Å²) in [5.74, 6) is 1.50. The van der Waals surface area contributed by atoms with E-state index in [1.807, 2.05) is 27.6 Å². The molecule has 0 bridgehead atoms. The summed E-state index contributed by atoms with van der Waals surface area (Å²) in [7, 11) is 0. The van der Waals surface area contributed by atoms with E-state index in [-0.39, 0.29) is 11.6 Å². The lowest BCUT2D eigenvalue weighted by molar-refractivity contribution is 0.194. The maximum Gasteiger partial charge on any atom is 0.317 e. The number of anilines is 2. The van der Waals surface area contributed by atoms with Gasteiger partial charge in [-0.2, -0.15) is 4.52 Å². The molecule has 1 saturated heterocycles. The monoisotopic (exact) mass is 469 g/mol. The topological polar surface area (TPSA) is 77.8 Å². The third-order valence-electron chi connectivity index (χ3n) is 5.57. The number of hydrogen-bond donors (Lipinski definition) is 2. The predicted octanol–water partition coefficient (Wildman–Crippen LogP) is 4.55. The Hall–Kier alpha value is -2.81. The number of carbonyl (C=O) groups is 1. The Balaban J connectivity index is 1.49. The van der Waals surface area contributed by atoms with Gasteiger partial charge in [0.05, 0.1) is 0 Å². The molecule has 0 unspecified atom stereocenters. The molecule has 1 aliphatic rings. The highest BCUT2D eigenvalue weighted by atomic mass is 32.1. The Morgan fingerprint density at radius 1 is 1.12 bits per heavy atom. The molecule has 0 radical (unpaired) electrons. The molecule has 4 rings (SSSR count). The van der Waals surface area contributed by atoms with Crippen LogP contribution in [0.5, 0.6) is 0 Å². The Kier molecular flexibility index (Phi) is 6.78. The number of nitrogens with zero attached hydrogens (tertiary/aromatic N) is 5. The Bertz CT molecular complexity index is 1080. The van der Waals surface area contributed by atoms with E-state index in [2.05, 4.69) is 62.3 Å². The molecule has 9 heteroatoms. The van der Waals surface area contributed by atoms with Gasteiger partial charge in [-0.15, -0.1) is 5.10 Å². The molecule has 0 atom stereocenters. The van der Waals surface area contributed by atoms with E-state index < -0.39 is 0 Å². The number of imidazole rings is 1. The number of amides is 2. The van der Waals surface area contributed by atoms with E-state index in [0.717, 1.165) is 53.2 Å². The fourth-order valence-electron chi connectivity index (χ4n) is 3.81. The number of rotatable bonds is 6. The van der Waals surface area contributed by atoms with Crippen LogP contribution in [0.1, 0.15) is 41.0 Å². The molecule has 2 N–H and O–H groups in total. The lowest BCUT2D eigenvalue weighted by atomic mass is 10.1. The van der Waals surface area contributed by atoms with Crippen LogP contribution in [0.3, 0.4) is 0 Å². The van der Waals surface area contributed by atoms with Gasteiger partial charge in [0.1, 0.15) is 5.69 Å². The minimum Gasteiger partial charge on any atom is -0.364 e. The largest absolute Gasteiger partial charge is 0.364 e. The van der Waals surface area contributed by atoms with Crippen molar-refractivity contribution in [2.24, 2.45) is 5.92 Å². The minimum atomic E-state index is -0.127. The van der Waals surface area contributed by atoms with Crippen LogP contribution in [0.15, 0.2) is 30.3 Å². The quantitative estimate of drug-likeness (QED) is 0.554. The lowest BCUT2D eigenvalue weighted by Gasteiger charge is -2.34. The number of aromatic nitrogens is 3. The highest BCUT2D eigenvalue weighted by Crippen LogP contribution is 2.34. The normalized spacial score (nSPS) is 14.8. The SMILES string of the molecule is CC(C)CCNC(=O)N1CCN(c2nn3c(NC(C)(C)C)c(-c4ccccc4)nc3s2)CC1. The van der Waals surface area contributed by atoms with Crippen LogP contribution in [0, 0.1) is 5.92 Å². The number of hydrogen-bond acceptors (Lipinski definition) is 6. The second kappa shape index (κ2) is 9.59. The van der Waals surface area contributed by atoms with Gasteiger partial charge < -0.3 is 20.4 Å². The number of nitrogens with one attached hydrogen (secondary N) is 2. The lowest BCUT2D eigenvalue weighted by Crippen LogP contribution is -2.52. The molecule has 0 saturated carbocycles. The van der Waals surface area contributed by atoms with Gasteiger partial charge in [0.15, 0.2) is 5.82 Å². The van der Waals surface area contributed by atoms with Crippen LogP contribution in [0.4, 0.5) is 15.7 Å². The number of benzene rings is 1. The Morgan fingerprint density at radius 2 is 1.82 bits per heavy atom. The smallest absolute Gasteiger partial charge is 0.317 e. The molecule has 1 aromatic carbocycles. The van der Waals surface area contributed by atoms with Crippen molar-refractivity contribution in [2.45, 2.75) is 46.6 Å². The minimum absolute atomic E-state index is 0.0356. The van der Waals surface area contributed by atoms with Crippen molar-refractivity contribution in [1.29, 1.82) is 0 Å². The van der Waals surface area contributed by atoms with Crippen LogP contribution >= 0.6 is 11.3 Å². The van der Waals surface area contributed by atoms with Crippen molar-refractivity contribution in [2.75, 3.05) is 42.9 Å². The summed E-state index contributed by atoms with van der Waals surface area (Å²) in [5, 5.41) is 12.5. The first-order valence-corrected chi connectivity index (χ1v) is 12.5. The van der Waals surface area contributed by atoms with Crippen molar-refractivity contribution in [3.63, 3.8) is 0 Å². The summed E-state index contributed by atoms with van der Waals surface area (Å²) in [6.45, 7) is 14.4. The van der Waals surface area contributed by atoms with E-state index in [0.29, 0.717) is 19.0 Å². The summed E-state index contributed by atoms with van der Waals surface area (Å²) >= 11 is 1.59. The van der Waals surface area contributed by atoms with Crippen molar-refractivity contribution >= 4 is 33.3 Å². The summed E-state index contributed by atoms with van der Waals surface area (Å²) in [6.07, 6.45) is 1.00. The fourth-order valence-corrected chi connectivity index (χ4v) is 4.76. The van der Waals surface area contributed by atoms with Crippen LogP contribution < -0.4 is 15.5 Å². The molecule has 2 amide bonds. The first-order chi connectivity index (χ1) is 15.7. The third-order valence-corrected chi connectivity index (χ3v) is 6.54. The van der Waals surface area contributed by atoms with Gasteiger partial charge in [-0.05, 0) is 33.1 Å². The van der Waals surface area contributed by atoms with Gasteiger partial charge >= 0.3 is 6.03 Å². The fraction of sp³-hybridized carbons (Fsp3) is 0.542. The van der Waals surface area contributed by atoms with E-state index in [4.69, 9.17) is 10.1 Å². The van der Waals surface area contributed by atoms with Gasteiger partial charge in [0.25, 0.3) is 0 Å². The molecule has 8 nitrogen and oxygen atoms in total. The molecule has 1 fully saturated rings. The van der Waals surface area contributed by atoms with Crippen molar-refractivity contribution in [3.05, 3.63) is 30.3 Å². The maximum atomic E-state index is 12.4. The molecular weight excluding hydrogens is 434 g/mol. The first kappa shape index (κ1) is 23.4. The zero-order valence-electron chi connectivity index (χ0n) is 20.3. The molecule has 3 aromatic rings. The Morgan fingerprint density at radius 3 is 2.45 bits per heavy atom. The zero-order valence-corrected chi connectivity index (χ0v) is 21.1. The average Bonchev–Trinajstić information content (AvgIpc) is 3.32. The van der Waals surface area contributed by atoms with E-state index in [9.17, 15) is 4.79 Å². The maximum absolute atomic E-state index is 12.4. The van der Waals surface area contributed by atoms with E-state index in [1.165, 1.54) is 0 Å². The molecule has 33 heavy (non-hydrogen) atoms. The number of fused-ring (bicyclic) bond motifs is 1. The van der Waals surface area contributed by atoms with Crippen molar-refractivity contribution < 1.29 is 4.79 Å². The van der Waals surface area contributed by atoms with Crippen LogP contribution in [0.25, 0.3) is 16.2 Å². The van der Waals surface area contributed by atoms with Gasteiger partial charge in [-0.25, -0.2) is 9.78 Å². The standard InChI is InChI=1S/C24H35N7OS/c1-17(2)11-12-25-21(32)29-13-15-30(16-14-29)23-28-31-20(27-24(3,4)5)19(26-22(31)33-23)18-9-7-6-8-10-18/h6-10,17,27H,11-16H2,1-5H3,(H,25,32).